The van der Waals surface area contributed by atoms with Crippen LogP contribution in [0.2, 0.25) is 0 Å². The number of benzene rings is 2. The van der Waals surface area contributed by atoms with Crippen molar-refractivity contribution in [3.8, 4) is 34.3 Å². The monoisotopic (exact) mass is 552 g/mol. The van der Waals surface area contributed by atoms with E-state index >= 15 is 0 Å². The number of hydrogen-bond acceptors (Lipinski definition) is 10. The number of alkyl halides is 1. The lowest BCUT2D eigenvalue weighted by atomic mass is 10.1. The van der Waals surface area contributed by atoms with Gasteiger partial charge in [0.25, 0.3) is 5.89 Å². The first-order valence-corrected chi connectivity index (χ1v) is 14.2. The Balaban J connectivity index is 1.34. The summed E-state index contributed by atoms with van der Waals surface area (Å²) in [6.07, 6.45) is 2.49. The number of sulfone groups is 1. The van der Waals surface area contributed by atoms with Gasteiger partial charge in [0.05, 0.1) is 22.0 Å². The van der Waals surface area contributed by atoms with Crippen LogP contribution >= 0.6 is 0 Å². The first kappa shape index (κ1) is 26.9. The van der Waals surface area contributed by atoms with Crippen molar-refractivity contribution >= 4 is 15.7 Å². The van der Waals surface area contributed by atoms with Gasteiger partial charge in [-0.25, -0.2) is 22.8 Å². The van der Waals surface area contributed by atoms with Crippen molar-refractivity contribution in [2.75, 3.05) is 25.6 Å². The summed E-state index contributed by atoms with van der Waals surface area (Å²) in [7, 11) is -3.44. The second kappa shape index (κ2) is 11.6. The summed E-state index contributed by atoms with van der Waals surface area (Å²) >= 11 is 0. The van der Waals surface area contributed by atoms with Gasteiger partial charge in [0.2, 0.25) is 5.89 Å². The van der Waals surface area contributed by atoms with Gasteiger partial charge in [-0.15, -0.1) is 10.2 Å². The number of anilines is 1. The van der Waals surface area contributed by atoms with Gasteiger partial charge in [-0.2, -0.15) is 0 Å². The van der Waals surface area contributed by atoms with Crippen molar-refractivity contribution in [2.24, 2.45) is 0 Å². The molecular weight excluding hydrogens is 523 g/mol. The Kier molecular flexibility index (Phi) is 7.96. The average Bonchev–Trinajstić information content (AvgIpc) is 3.47. The number of aromatic nitrogens is 4. The van der Waals surface area contributed by atoms with Crippen LogP contribution in [0.1, 0.15) is 25.3 Å². The van der Waals surface area contributed by atoms with Gasteiger partial charge < -0.3 is 20.2 Å². The van der Waals surface area contributed by atoms with Crippen molar-refractivity contribution in [1.82, 2.24) is 25.5 Å². The van der Waals surface area contributed by atoms with Crippen LogP contribution in [0.4, 0.5) is 10.2 Å². The molecular formula is C27H29FN6O4S. The molecule has 4 aromatic rings. The normalized spacial score (nSPS) is 15.3. The number of nitrogen functional groups attached to an aromatic ring is 1. The molecule has 3 heterocycles. The summed E-state index contributed by atoms with van der Waals surface area (Å²) < 4.78 is 49.8. The van der Waals surface area contributed by atoms with E-state index in [0.717, 1.165) is 5.56 Å². The largest absolute Gasteiger partial charge is 0.414 e. The van der Waals surface area contributed by atoms with E-state index in [1.807, 2.05) is 24.3 Å². The number of halogens is 1. The topological polar surface area (TPSA) is 146 Å². The molecule has 10 nitrogen and oxygen atoms in total. The number of hydrogen-bond donors (Lipinski definition) is 2. The van der Waals surface area contributed by atoms with Crippen LogP contribution in [0.25, 0.3) is 34.3 Å². The maximum Gasteiger partial charge on any atom is 0.270 e. The van der Waals surface area contributed by atoms with Crippen molar-refractivity contribution in [2.45, 2.75) is 42.5 Å². The van der Waals surface area contributed by atoms with Crippen LogP contribution in [0.15, 0.2) is 64.0 Å². The molecule has 1 unspecified atom stereocenters. The molecule has 12 heteroatoms. The Labute approximate surface area is 225 Å². The van der Waals surface area contributed by atoms with Crippen molar-refractivity contribution in [3.63, 3.8) is 0 Å². The lowest BCUT2D eigenvalue weighted by Gasteiger charge is -2.22. The predicted molar refractivity (Wildman–Crippen MR) is 144 cm³/mol. The molecule has 1 aliphatic heterocycles. The third-order valence-corrected chi connectivity index (χ3v) is 8.88. The van der Waals surface area contributed by atoms with E-state index in [9.17, 15) is 12.8 Å². The fraction of sp³-hybridized carbons (Fsp3) is 0.333. The molecule has 0 amide bonds. The summed E-state index contributed by atoms with van der Waals surface area (Å²) in [5.74, 6) is 0.519. The summed E-state index contributed by atoms with van der Waals surface area (Å²) in [5.41, 5.74) is 9.15. The van der Waals surface area contributed by atoms with Crippen molar-refractivity contribution < 1.29 is 22.0 Å². The highest BCUT2D eigenvalue weighted by molar-refractivity contribution is 7.92. The first-order valence-electron chi connectivity index (χ1n) is 12.6. The van der Waals surface area contributed by atoms with E-state index < -0.39 is 21.8 Å². The highest BCUT2D eigenvalue weighted by Crippen LogP contribution is 2.30. The molecule has 0 bridgehead atoms. The quantitative estimate of drug-likeness (QED) is 0.314. The minimum absolute atomic E-state index is 0.109. The highest BCUT2D eigenvalue weighted by atomic mass is 32.2. The number of nitrogens with zero attached hydrogens (tertiary/aromatic N) is 4. The second-order valence-corrected chi connectivity index (χ2v) is 11.6. The van der Waals surface area contributed by atoms with Crippen LogP contribution in [0.3, 0.4) is 0 Å². The van der Waals surface area contributed by atoms with E-state index in [2.05, 4.69) is 25.5 Å². The predicted octanol–water partition coefficient (Wildman–Crippen LogP) is 3.84. The van der Waals surface area contributed by atoms with Crippen molar-refractivity contribution in [1.29, 1.82) is 0 Å². The third kappa shape index (κ3) is 5.97. The third-order valence-electron chi connectivity index (χ3n) is 6.60. The van der Waals surface area contributed by atoms with Crippen LogP contribution < -0.4 is 11.1 Å². The fourth-order valence-electron chi connectivity index (χ4n) is 4.24. The lowest BCUT2D eigenvalue weighted by molar-refractivity contribution is 0.0983. The van der Waals surface area contributed by atoms with E-state index in [-0.39, 0.29) is 34.2 Å². The summed E-state index contributed by atoms with van der Waals surface area (Å²) in [6.45, 7) is 2.80. The smallest absolute Gasteiger partial charge is 0.270 e. The molecule has 204 valence electrons. The molecule has 5 rings (SSSR count). The Morgan fingerprint density at radius 1 is 1.03 bits per heavy atom. The molecule has 3 N–H and O–H groups in total. The molecule has 2 aromatic carbocycles. The first-order chi connectivity index (χ1) is 18.8. The number of rotatable bonds is 9. The minimum atomic E-state index is -3.44. The molecule has 0 radical (unpaired) electrons. The van der Waals surface area contributed by atoms with Gasteiger partial charge in [0.15, 0.2) is 21.3 Å². The van der Waals surface area contributed by atoms with Gasteiger partial charge in [0.1, 0.15) is 6.67 Å². The molecule has 2 aromatic heterocycles. The van der Waals surface area contributed by atoms with Crippen molar-refractivity contribution in [3.05, 3.63) is 60.3 Å². The molecule has 39 heavy (non-hydrogen) atoms. The Bertz CT molecular complexity index is 1520. The van der Waals surface area contributed by atoms with Crippen LogP contribution in [-0.4, -0.2) is 59.8 Å². The maximum atomic E-state index is 13.0. The molecule has 0 saturated carbocycles. The Morgan fingerprint density at radius 3 is 2.38 bits per heavy atom. The Morgan fingerprint density at radius 2 is 1.69 bits per heavy atom. The fourth-order valence-corrected chi connectivity index (χ4v) is 5.95. The zero-order valence-corrected chi connectivity index (χ0v) is 22.2. The lowest BCUT2D eigenvalue weighted by Crippen LogP contribution is -2.28. The van der Waals surface area contributed by atoms with Gasteiger partial charge in [-0.05, 0) is 49.6 Å². The molecule has 1 fully saturated rings. The SMILES string of the molecule is CC(CF)NCc1ccc(-c2nnc(-c3nc(-c4ccc(S(=O)(=O)C5CCOCC5)cc4)cnc3N)o2)cc1. The van der Waals surface area contributed by atoms with Crippen LogP contribution in [0, 0.1) is 0 Å². The maximum absolute atomic E-state index is 13.0. The standard InChI is InChI=1S/C27H29FN6O4S/c1-17(14-28)30-15-18-2-4-20(5-3-18)26-33-34-27(38-26)24-25(29)31-16-23(32-24)19-6-8-21(9-7-19)39(35,36)22-10-12-37-13-11-22/h2-9,16-17,22,30H,10-15H2,1H3,(H2,29,31). The van der Waals surface area contributed by atoms with Gasteiger partial charge in [-0.1, -0.05) is 24.3 Å². The number of ether oxygens (including phenoxy) is 1. The average molecular weight is 553 g/mol. The Hall–Kier alpha value is -3.74. The van der Waals surface area contributed by atoms with E-state index in [0.29, 0.717) is 49.4 Å². The summed E-state index contributed by atoms with van der Waals surface area (Å²) in [6, 6.07) is 13.8. The second-order valence-electron chi connectivity index (χ2n) is 9.42. The van der Waals surface area contributed by atoms with Gasteiger partial charge in [-0.3, -0.25) is 0 Å². The molecule has 0 spiro atoms. The molecule has 1 aliphatic rings. The van der Waals surface area contributed by atoms with Crippen LogP contribution in [0.5, 0.6) is 0 Å². The van der Waals surface area contributed by atoms with E-state index in [1.165, 1.54) is 6.20 Å². The molecule has 1 atom stereocenters. The molecule has 1 saturated heterocycles. The van der Waals surface area contributed by atoms with E-state index in [1.54, 1.807) is 31.2 Å². The summed E-state index contributed by atoms with van der Waals surface area (Å²) in [4.78, 5) is 9.08. The van der Waals surface area contributed by atoms with Crippen LogP contribution in [-0.2, 0) is 21.1 Å². The van der Waals surface area contributed by atoms with Gasteiger partial charge >= 0.3 is 0 Å². The number of nitrogens with one attached hydrogen (secondary N) is 1. The summed E-state index contributed by atoms with van der Waals surface area (Å²) in [5, 5.41) is 10.9. The van der Waals surface area contributed by atoms with Gasteiger partial charge in [0, 0.05) is 36.9 Å². The minimum Gasteiger partial charge on any atom is -0.414 e. The van der Waals surface area contributed by atoms with E-state index in [4.69, 9.17) is 14.9 Å². The number of nitrogens with two attached hydrogens (primary N) is 1. The zero-order chi connectivity index (χ0) is 27.4. The highest BCUT2D eigenvalue weighted by Gasteiger charge is 2.29. The zero-order valence-electron chi connectivity index (χ0n) is 21.4. The molecule has 0 aliphatic carbocycles.